The van der Waals surface area contributed by atoms with Crippen molar-refractivity contribution in [3.8, 4) is 0 Å². The largest absolute Gasteiger partial charge is 0.346 e. The van der Waals surface area contributed by atoms with E-state index >= 15 is 0 Å². The highest BCUT2D eigenvalue weighted by atomic mass is 32.2. The third-order valence-corrected chi connectivity index (χ3v) is 7.09. The zero-order chi connectivity index (χ0) is 17.3. The van der Waals surface area contributed by atoms with Gasteiger partial charge >= 0.3 is 0 Å². The predicted octanol–water partition coefficient (Wildman–Crippen LogP) is 1.08. The molecule has 3 heterocycles. The van der Waals surface area contributed by atoms with Gasteiger partial charge in [0, 0.05) is 45.8 Å². The van der Waals surface area contributed by atoms with Crippen LogP contribution in [0, 0.1) is 11.8 Å². The highest BCUT2D eigenvalue weighted by Gasteiger charge is 2.37. The first-order valence-electron chi connectivity index (χ1n) is 8.62. The van der Waals surface area contributed by atoms with Crippen molar-refractivity contribution in [2.24, 2.45) is 18.9 Å². The highest BCUT2D eigenvalue weighted by Crippen LogP contribution is 2.33. The first-order chi connectivity index (χ1) is 11.4. The SMILES string of the molecule is CN1CCCC[C@H](C2CCN(S(=O)(=O)c3cn(C)cn3)CC2)C1=O. The van der Waals surface area contributed by atoms with Gasteiger partial charge in [0.25, 0.3) is 10.0 Å². The Hall–Kier alpha value is -1.41. The number of rotatable bonds is 3. The Morgan fingerprint density at radius 1 is 1.08 bits per heavy atom. The van der Waals surface area contributed by atoms with E-state index in [0.717, 1.165) is 38.6 Å². The van der Waals surface area contributed by atoms with Crippen LogP contribution in [0.4, 0.5) is 0 Å². The molecule has 8 heteroatoms. The standard InChI is InChI=1S/C16H26N4O3S/c1-18-11-15(17-12-18)24(22,23)20-9-6-13(7-10-20)14-5-3-4-8-19(2)16(14)21/h11-14H,3-10H2,1-2H3/t14-/m1/s1. The predicted molar refractivity (Wildman–Crippen MR) is 89.7 cm³/mol. The molecule has 0 aromatic carbocycles. The summed E-state index contributed by atoms with van der Waals surface area (Å²) in [4.78, 5) is 18.3. The minimum atomic E-state index is -3.52. The van der Waals surface area contributed by atoms with Gasteiger partial charge in [-0.25, -0.2) is 13.4 Å². The fourth-order valence-electron chi connectivity index (χ4n) is 3.84. The highest BCUT2D eigenvalue weighted by molar-refractivity contribution is 7.89. The number of aromatic nitrogens is 2. The number of hydrogen-bond acceptors (Lipinski definition) is 4. The van der Waals surface area contributed by atoms with E-state index in [9.17, 15) is 13.2 Å². The molecule has 24 heavy (non-hydrogen) atoms. The van der Waals surface area contributed by atoms with Crippen LogP contribution in [-0.4, -0.2) is 59.8 Å². The number of likely N-dealkylation sites (tertiary alicyclic amines) is 1. The minimum absolute atomic E-state index is 0.0530. The van der Waals surface area contributed by atoms with E-state index < -0.39 is 10.0 Å². The molecule has 0 radical (unpaired) electrons. The Morgan fingerprint density at radius 2 is 1.79 bits per heavy atom. The van der Waals surface area contributed by atoms with Crippen LogP contribution in [0.3, 0.4) is 0 Å². The van der Waals surface area contributed by atoms with E-state index in [1.807, 2.05) is 11.9 Å². The van der Waals surface area contributed by atoms with E-state index in [-0.39, 0.29) is 22.8 Å². The summed E-state index contributed by atoms with van der Waals surface area (Å²) in [5, 5.41) is 0.105. The summed E-state index contributed by atoms with van der Waals surface area (Å²) < 4.78 is 28.4. The molecule has 1 aromatic heterocycles. The molecule has 134 valence electrons. The van der Waals surface area contributed by atoms with Crippen molar-refractivity contribution in [2.45, 2.75) is 37.1 Å². The number of nitrogens with zero attached hydrogens (tertiary/aromatic N) is 4. The molecule has 2 fully saturated rings. The van der Waals surface area contributed by atoms with Crippen molar-refractivity contribution >= 4 is 15.9 Å². The van der Waals surface area contributed by atoms with Gasteiger partial charge in [-0.3, -0.25) is 4.79 Å². The third-order valence-electron chi connectivity index (χ3n) is 5.31. The molecule has 0 saturated carbocycles. The molecule has 2 aliphatic heterocycles. The van der Waals surface area contributed by atoms with Gasteiger partial charge in [0.1, 0.15) is 0 Å². The summed E-state index contributed by atoms with van der Waals surface area (Å²) in [5.74, 6) is 0.573. The number of piperidine rings is 1. The summed E-state index contributed by atoms with van der Waals surface area (Å²) in [7, 11) is 0.112. The lowest BCUT2D eigenvalue weighted by Crippen LogP contribution is -2.43. The van der Waals surface area contributed by atoms with Crippen LogP contribution in [0.15, 0.2) is 17.6 Å². The van der Waals surface area contributed by atoms with Crippen molar-refractivity contribution in [3.63, 3.8) is 0 Å². The van der Waals surface area contributed by atoms with Gasteiger partial charge in [-0.05, 0) is 31.6 Å². The second kappa shape index (κ2) is 6.84. The van der Waals surface area contributed by atoms with Gasteiger partial charge in [-0.15, -0.1) is 0 Å². The van der Waals surface area contributed by atoms with Gasteiger partial charge in [0.05, 0.1) is 6.33 Å². The summed E-state index contributed by atoms with van der Waals surface area (Å²) in [6.07, 6.45) is 7.59. The second-order valence-corrected chi connectivity index (χ2v) is 8.87. The van der Waals surface area contributed by atoms with Gasteiger partial charge in [-0.1, -0.05) is 6.42 Å². The van der Waals surface area contributed by atoms with Crippen LogP contribution in [-0.2, 0) is 21.9 Å². The first kappa shape index (κ1) is 17.4. The maximum absolute atomic E-state index is 12.6. The number of sulfonamides is 1. The molecule has 1 amide bonds. The monoisotopic (exact) mass is 354 g/mol. The number of amides is 1. The molecule has 0 unspecified atom stereocenters. The lowest BCUT2D eigenvalue weighted by Gasteiger charge is -2.35. The fourth-order valence-corrected chi connectivity index (χ4v) is 5.28. The topological polar surface area (TPSA) is 75.5 Å². The van der Waals surface area contributed by atoms with Crippen molar-refractivity contribution < 1.29 is 13.2 Å². The number of imidazole rings is 1. The Labute approximate surface area is 143 Å². The minimum Gasteiger partial charge on any atom is -0.346 e. The van der Waals surface area contributed by atoms with Gasteiger partial charge in [0.15, 0.2) is 5.03 Å². The van der Waals surface area contributed by atoms with Gasteiger partial charge in [0.2, 0.25) is 5.91 Å². The Bertz CT molecular complexity index is 692. The van der Waals surface area contributed by atoms with Gasteiger partial charge < -0.3 is 9.47 Å². The van der Waals surface area contributed by atoms with Crippen molar-refractivity contribution in [3.05, 3.63) is 12.5 Å². The van der Waals surface area contributed by atoms with E-state index in [4.69, 9.17) is 0 Å². The van der Waals surface area contributed by atoms with Gasteiger partial charge in [-0.2, -0.15) is 4.31 Å². The van der Waals surface area contributed by atoms with Crippen LogP contribution < -0.4 is 0 Å². The molecule has 2 aliphatic rings. The van der Waals surface area contributed by atoms with Crippen LogP contribution in [0.1, 0.15) is 32.1 Å². The van der Waals surface area contributed by atoms with E-state index in [1.165, 1.54) is 16.8 Å². The van der Waals surface area contributed by atoms with Crippen molar-refractivity contribution in [1.82, 2.24) is 18.8 Å². The van der Waals surface area contributed by atoms with Crippen LogP contribution >= 0.6 is 0 Å². The van der Waals surface area contributed by atoms with Crippen molar-refractivity contribution in [2.75, 3.05) is 26.7 Å². The normalized spacial score (nSPS) is 25.0. The Kier molecular flexibility index (Phi) is 4.96. The van der Waals surface area contributed by atoms with Crippen molar-refractivity contribution in [1.29, 1.82) is 0 Å². The average molecular weight is 354 g/mol. The lowest BCUT2D eigenvalue weighted by atomic mass is 9.81. The summed E-state index contributed by atoms with van der Waals surface area (Å²) in [5.41, 5.74) is 0. The Balaban J connectivity index is 1.66. The average Bonchev–Trinajstić information content (AvgIpc) is 2.94. The second-order valence-electron chi connectivity index (χ2n) is 6.98. The molecule has 1 atom stereocenters. The molecule has 2 saturated heterocycles. The van der Waals surface area contributed by atoms with E-state index in [2.05, 4.69) is 4.98 Å². The Morgan fingerprint density at radius 3 is 2.42 bits per heavy atom. The first-order valence-corrected chi connectivity index (χ1v) is 10.1. The molecule has 0 N–H and O–H groups in total. The molecule has 1 aromatic rings. The fraction of sp³-hybridized carbons (Fsp3) is 0.750. The molecular formula is C16H26N4O3S. The third kappa shape index (κ3) is 3.35. The number of carbonyl (C=O) groups is 1. The maximum Gasteiger partial charge on any atom is 0.262 e. The molecule has 7 nitrogen and oxygen atoms in total. The quantitative estimate of drug-likeness (QED) is 0.814. The summed E-state index contributed by atoms with van der Waals surface area (Å²) in [6.45, 7) is 1.77. The zero-order valence-corrected chi connectivity index (χ0v) is 15.2. The molecule has 3 rings (SSSR count). The van der Waals surface area contributed by atoms with E-state index in [1.54, 1.807) is 11.6 Å². The van der Waals surface area contributed by atoms with Crippen LogP contribution in [0.2, 0.25) is 0 Å². The maximum atomic E-state index is 12.6. The number of aryl methyl sites for hydroxylation is 1. The zero-order valence-electron chi connectivity index (χ0n) is 14.4. The molecule has 0 spiro atoms. The summed E-state index contributed by atoms with van der Waals surface area (Å²) >= 11 is 0. The smallest absolute Gasteiger partial charge is 0.262 e. The molecule has 0 aliphatic carbocycles. The number of hydrogen-bond donors (Lipinski definition) is 0. The van der Waals surface area contributed by atoms with Crippen LogP contribution in [0.25, 0.3) is 0 Å². The van der Waals surface area contributed by atoms with Crippen LogP contribution in [0.5, 0.6) is 0 Å². The molecular weight excluding hydrogens is 328 g/mol. The molecule has 0 bridgehead atoms. The summed E-state index contributed by atoms with van der Waals surface area (Å²) in [6, 6.07) is 0. The van der Waals surface area contributed by atoms with E-state index in [0.29, 0.717) is 13.1 Å². The number of carbonyl (C=O) groups excluding carboxylic acids is 1. The lowest BCUT2D eigenvalue weighted by molar-refractivity contribution is -0.135.